The average molecular weight is 237 g/mol. The van der Waals surface area contributed by atoms with Crippen LogP contribution in [0.15, 0.2) is 0 Å². The lowest BCUT2D eigenvalue weighted by Gasteiger charge is -2.55. The predicted molar refractivity (Wildman–Crippen MR) is 65.3 cm³/mol. The molecule has 2 fully saturated rings. The molecule has 1 aliphatic carbocycles. The molecule has 0 aromatic rings. The number of nitrogens with zero attached hydrogens (tertiary/aromatic N) is 1. The zero-order valence-electron chi connectivity index (χ0n) is 11.0. The molecule has 1 N–H and O–H groups in total. The van der Waals surface area contributed by atoms with Crippen LogP contribution in [0.2, 0.25) is 0 Å². The van der Waals surface area contributed by atoms with E-state index in [1.165, 1.54) is 0 Å². The van der Waals surface area contributed by atoms with Crippen molar-refractivity contribution in [2.24, 2.45) is 10.8 Å². The lowest BCUT2D eigenvalue weighted by atomic mass is 9.52. The Hall–Kier alpha value is -0.590. The van der Waals surface area contributed by atoms with E-state index in [1.807, 2.05) is 0 Å². The van der Waals surface area contributed by atoms with Crippen LogP contribution in [0.25, 0.3) is 0 Å². The van der Waals surface area contributed by atoms with Gasteiger partial charge in [-0.25, -0.2) is 0 Å². The first kappa shape index (κ1) is 12.9. The molecule has 0 aromatic carbocycles. The van der Waals surface area contributed by atoms with Crippen molar-refractivity contribution in [3.05, 3.63) is 0 Å². The summed E-state index contributed by atoms with van der Waals surface area (Å²) < 4.78 is 5.37. The zero-order chi connectivity index (χ0) is 12.6. The Balaban J connectivity index is 2.37. The van der Waals surface area contributed by atoms with E-state index < -0.39 is 11.0 Å². The fourth-order valence-electron chi connectivity index (χ4n) is 3.72. The van der Waals surface area contributed by atoms with E-state index in [9.17, 15) is 10.4 Å². The van der Waals surface area contributed by atoms with E-state index >= 15 is 0 Å². The number of ether oxygens (including phenoxy) is 1. The highest BCUT2D eigenvalue weighted by Crippen LogP contribution is 2.56. The third kappa shape index (κ3) is 1.78. The lowest BCUT2D eigenvalue weighted by Crippen LogP contribution is -2.60. The van der Waals surface area contributed by atoms with Crippen LogP contribution in [0.3, 0.4) is 0 Å². The minimum atomic E-state index is -0.850. The maximum absolute atomic E-state index is 11.2. The molecule has 0 aromatic heterocycles. The smallest absolute Gasteiger partial charge is 0.0909 e. The molecule has 1 saturated carbocycles. The van der Waals surface area contributed by atoms with Gasteiger partial charge in [-0.1, -0.05) is 26.7 Å². The van der Waals surface area contributed by atoms with Crippen LogP contribution in [0.5, 0.6) is 0 Å². The van der Waals surface area contributed by atoms with Gasteiger partial charge in [-0.15, -0.1) is 0 Å². The van der Waals surface area contributed by atoms with Crippen molar-refractivity contribution in [1.29, 1.82) is 5.26 Å². The minimum absolute atomic E-state index is 0.168. The predicted octanol–water partition coefficient (Wildman–Crippen LogP) is 2.64. The molecule has 17 heavy (non-hydrogen) atoms. The van der Waals surface area contributed by atoms with E-state index in [2.05, 4.69) is 19.9 Å². The van der Waals surface area contributed by atoms with E-state index in [4.69, 9.17) is 4.74 Å². The van der Waals surface area contributed by atoms with Gasteiger partial charge in [-0.2, -0.15) is 5.26 Å². The summed E-state index contributed by atoms with van der Waals surface area (Å²) in [5.41, 5.74) is -1.62. The summed E-state index contributed by atoms with van der Waals surface area (Å²) in [6.07, 6.45) is 5.30. The fourth-order valence-corrected chi connectivity index (χ4v) is 3.72. The first-order chi connectivity index (χ1) is 7.97. The molecule has 3 nitrogen and oxygen atoms in total. The van der Waals surface area contributed by atoms with Crippen molar-refractivity contribution >= 4 is 0 Å². The van der Waals surface area contributed by atoms with Crippen LogP contribution >= 0.6 is 0 Å². The first-order valence-corrected chi connectivity index (χ1v) is 6.69. The van der Waals surface area contributed by atoms with Crippen LogP contribution < -0.4 is 0 Å². The van der Waals surface area contributed by atoms with Gasteiger partial charge in [0.2, 0.25) is 0 Å². The second kappa shape index (κ2) is 4.26. The van der Waals surface area contributed by atoms with Gasteiger partial charge in [-0.3, -0.25) is 0 Å². The van der Waals surface area contributed by atoms with E-state index in [0.717, 1.165) is 25.7 Å². The van der Waals surface area contributed by atoms with Crippen molar-refractivity contribution in [3.8, 4) is 6.07 Å². The minimum Gasteiger partial charge on any atom is -0.388 e. The molecule has 0 bridgehead atoms. The van der Waals surface area contributed by atoms with Crippen molar-refractivity contribution < 1.29 is 9.84 Å². The van der Waals surface area contributed by atoms with E-state index in [1.54, 1.807) is 0 Å². The Morgan fingerprint density at radius 2 is 1.65 bits per heavy atom. The van der Waals surface area contributed by atoms with Gasteiger partial charge in [-0.05, 0) is 31.1 Å². The molecule has 2 aliphatic rings. The Morgan fingerprint density at radius 3 is 2.18 bits per heavy atom. The summed E-state index contributed by atoms with van der Waals surface area (Å²) in [6, 6.07) is 2.45. The van der Waals surface area contributed by atoms with Crippen molar-refractivity contribution in [3.63, 3.8) is 0 Å². The normalized spacial score (nSPS) is 36.1. The first-order valence-electron chi connectivity index (χ1n) is 6.69. The molecule has 3 heteroatoms. The summed E-state index contributed by atoms with van der Waals surface area (Å²) in [5, 5.41) is 20.8. The number of aliphatic hydroxyl groups is 1. The van der Waals surface area contributed by atoms with Crippen LogP contribution in [-0.2, 0) is 4.74 Å². The van der Waals surface area contributed by atoms with Crippen LogP contribution in [0.4, 0.5) is 0 Å². The Bertz CT molecular complexity index is 326. The molecular weight excluding hydrogens is 214 g/mol. The Labute approximate surface area is 104 Å². The molecule has 1 atom stereocenters. The third-order valence-electron chi connectivity index (χ3n) is 5.06. The summed E-state index contributed by atoms with van der Waals surface area (Å²) in [5.74, 6) is 0. The molecular formula is C14H23NO2. The van der Waals surface area contributed by atoms with Gasteiger partial charge in [0, 0.05) is 13.2 Å². The average Bonchev–Trinajstić information content (AvgIpc) is 2.33. The largest absolute Gasteiger partial charge is 0.388 e. The maximum Gasteiger partial charge on any atom is 0.0909 e. The molecule has 1 saturated heterocycles. The van der Waals surface area contributed by atoms with Gasteiger partial charge < -0.3 is 9.84 Å². The highest BCUT2D eigenvalue weighted by atomic mass is 16.5. The quantitative estimate of drug-likeness (QED) is 0.762. The summed E-state index contributed by atoms with van der Waals surface area (Å²) in [6.45, 7) is 5.43. The van der Waals surface area contributed by atoms with Gasteiger partial charge in [0.25, 0.3) is 0 Å². The van der Waals surface area contributed by atoms with E-state index in [-0.39, 0.29) is 5.41 Å². The molecule has 0 amide bonds. The highest BCUT2D eigenvalue weighted by Gasteiger charge is 2.59. The number of nitriles is 1. The van der Waals surface area contributed by atoms with Crippen LogP contribution in [-0.4, -0.2) is 23.9 Å². The SMILES string of the molecule is CC1(C)CCCCC1(O)C1(C#N)CCOCC1. The topological polar surface area (TPSA) is 53.2 Å². The second-order valence-corrected chi connectivity index (χ2v) is 6.26. The molecule has 96 valence electrons. The van der Waals surface area contributed by atoms with Gasteiger partial charge in [0.05, 0.1) is 17.1 Å². The number of hydrogen-bond donors (Lipinski definition) is 1. The summed E-state index contributed by atoms with van der Waals surface area (Å²) in [4.78, 5) is 0. The standard InChI is InChI=1S/C14H23NO2/c1-12(2)5-3-4-6-14(12,16)13(11-15)7-9-17-10-8-13/h16H,3-10H2,1-2H3. The Kier molecular flexibility index (Phi) is 3.22. The number of hydrogen-bond acceptors (Lipinski definition) is 3. The van der Waals surface area contributed by atoms with Gasteiger partial charge in [0.15, 0.2) is 0 Å². The molecule has 0 radical (unpaired) electrons. The molecule has 1 unspecified atom stereocenters. The summed E-state index contributed by atoms with van der Waals surface area (Å²) in [7, 11) is 0. The van der Waals surface area contributed by atoms with Crippen LogP contribution in [0, 0.1) is 22.2 Å². The van der Waals surface area contributed by atoms with Crippen molar-refractivity contribution in [1.82, 2.24) is 0 Å². The molecule has 1 heterocycles. The van der Waals surface area contributed by atoms with Gasteiger partial charge >= 0.3 is 0 Å². The zero-order valence-corrected chi connectivity index (χ0v) is 11.0. The molecule has 0 spiro atoms. The van der Waals surface area contributed by atoms with Crippen molar-refractivity contribution in [2.75, 3.05) is 13.2 Å². The maximum atomic E-state index is 11.2. The van der Waals surface area contributed by atoms with Crippen LogP contribution in [0.1, 0.15) is 52.4 Å². The molecule has 2 rings (SSSR count). The summed E-state index contributed by atoms with van der Waals surface area (Å²) >= 11 is 0. The monoisotopic (exact) mass is 237 g/mol. The molecule has 1 aliphatic heterocycles. The Morgan fingerprint density at radius 1 is 1.06 bits per heavy atom. The second-order valence-electron chi connectivity index (χ2n) is 6.26. The fraction of sp³-hybridized carbons (Fsp3) is 0.929. The lowest BCUT2D eigenvalue weighted by molar-refractivity contribution is -0.187. The van der Waals surface area contributed by atoms with E-state index in [0.29, 0.717) is 26.1 Å². The van der Waals surface area contributed by atoms with Crippen molar-refractivity contribution in [2.45, 2.75) is 58.0 Å². The number of rotatable bonds is 1. The highest BCUT2D eigenvalue weighted by molar-refractivity contribution is 5.17. The van der Waals surface area contributed by atoms with Gasteiger partial charge in [0.1, 0.15) is 0 Å². The third-order valence-corrected chi connectivity index (χ3v) is 5.06.